The molecule has 2 N–H and O–H groups in total. The minimum atomic E-state index is -1.06. The molecule has 0 spiro atoms. The van der Waals surface area contributed by atoms with Crippen LogP contribution >= 0.6 is 15.9 Å². The van der Waals surface area contributed by atoms with Crippen molar-refractivity contribution in [2.75, 3.05) is 18.9 Å². The summed E-state index contributed by atoms with van der Waals surface area (Å²) >= 11 is 3.34. The molecule has 1 aromatic rings. The molecule has 2 unspecified atom stereocenters. The van der Waals surface area contributed by atoms with E-state index < -0.39 is 10.8 Å². The van der Waals surface area contributed by atoms with Gasteiger partial charge in [0.05, 0.1) is 27.6 Å². The molecule has 5 heteroatoms. The lowest BCUT2D eigenvalue weighted by molar-refractivity contribution is 0.100. The number of hydrogen-bond donors (Lipinski definition) is 1. The molecule has 1 heterocycles. The van der Waals surface area contributed by atoms with Crippen LogP contribution in [0, 0.1) is 0 Å². The second kappa shape index (κ2) is 5.29. The van der Waals surface area contributed by atoms with Gasteiger partial charge in [-0.05, 0) is 31.0 Å². The van der Waals surface area contributed by atoms with Crippen LogP contribution in [0.1, 0.15) is 12.8 Å². The Morgan fingerprint density at radius 1 is 1.50 bits per heavy atom. The summed E-state index contributed by atoms with van der Waals surface area (Å²) in [6.45, 7) is 1.35. The lowest BCUT2D eigenvalue weighted by Crippen LogP contribution is -2.27. The number of hydrogen-bond acceptors (Lipinski definition) is 3. The third-order valence-electron chi connectivity index (χ3n) is 2.61. The largest absolute Gasteiger partial charge is 0.398 e. The van der Waals surface area contributed by atoms with Gasteiger partial charge in [0.25, 0.3) is 0 Å². The lowest BCUT2D eigenvalue weighted by atomic mass is 10.2. The van der Waals surface area contributed by atoms with Gasteiger partial charge in [0, 0.05) is 16.8 Å². The molecule has 0 saturated carbocycles. The molecule has 1 saturated heterocycles. The Labute approximate surface area is 106 Å². The molecule has 1 aromatic carbocycles. The molecule has 1 fully saturated rings. The first kappa shape index (κ1) is 12.1. The van der Waals surface area contributed by atoms with Gasteiger partial charge in [-0.2, -0.15) is 0 Å². The number of ether oxygens (including phenoxy) is 1. The van der Waals surface area contributed by atoms with Crippen LogP contribution in [0.15, 0.2) is 27.6 Å². The Morgan fingerprint density at radius 2 is 2.31 bits per heavy atom. The predicted molar refractivity (Wildman–Crippen MR) is 68.8 cm³/mol. The number of benzene rings is 1. The molecule has 0 amide bonds. The van der Waals surface area contributed by atoms with E-state index in [1.54, 1.807) is 6.07 Å². The van der Waals surface area contributed by atoms with Crippen LogP contribution in [0.25, 0.3) is 0 Å². The topological polar surface area (TPSA) is 52.3 Å². The van der Waals surface area contributed by atoms with E-state index in [0.29, 0.717) is 12.3 Å². The van der Waals surface area contributed by atoms with Crippen LogP contribution in [-0.4, -0.2) is 22.7 Å². The molecule has 0 aliphatic carbocycles. The highest BCUT2D eigenvalue weighted by Gasteiger charge is 2.23. The van der Waals surface area contributed by atoms with Crippen LogP contribution < -0.4 is 5.73 Å². The van der Waals surface area contributed by atoms with Crippen molar-refractivity contribution < 1.29 is 8.95 Å². The minimum Gasteiger partial charge on any atom is -0.398 e. The van der Waals surface area contributed by atoms with E-state index in [9.17, 15) is 4.21 Å². The lowest BCUT2D eigenvalue weighted by Gasteiger charge is -2.22. The van der Waals surface area contributed by atoms with Gasteiger partial charge in [-0.25, -0.2) is 0 Å². The summed E-state index contributed by atoms with van der Waals surface area (Å²) in [5.41, 5.74) is 6.45. The van der Waals surface area contributed by atoms with Crippen molar-refractivity contribution >= 4 is 32.4 Å². The fourth-order valence-corrected chi connectivity index (χ4v) is 3.59. The molecule has 0 radical (unpaired) electrons. The molecular weight excluding hydrogens is 290 g/mol. The smallest absolute Gasteiger partial charge is 0.0630 e. The van der Waals surface area contributed by atoms with E-state index in [2.05, 4.69) is 15.9 Å². The first-order valence-corrected chi connectivity index (χ1v) is 7.22. The zero-order chi connectivity index (χ0) is 11.5. The van der Waals surface area contributed by atoms with Gasteiger partial charge >= 0.3 is 0 Å². The molecule has 16 heavy (non-hydrogen) atoms. The van der Waals surface area contributed by atoms with E-state index in [1.807, 2.05) is 12.1 Å². The zero-order valence-corrected chi connectivity index (χ0v) is 11.2. The Hall–Kier alpha value is -0.390. The molecule has 2 rings (SSSR count). The summed E-state index contributed by atoms with van der Waals surface area (Å²) in [6.07, 6.45) is 1.93. The molecule has 1 aliphatic heterocycles. The fraction of sp³-hybridized carbons (Fsp3) is 0.455. The summed E-state index contributed by atoms with van der Waals surface area (Å²) in [4.78, 5) is 0.721. The number of anilines is 1. The number of rotatable bonds is 2. The molecular formula is C11H14BrNO2S. The SMILES string of the molecule is Nc1cc(Br)ccc1S(=O)C1CCCOC1. The Balaban J connectivity index is 2.19. The van der Waals surface area contributed by atoms with E-state index >= 15 is 0 Å². The quantitative estimate of drug-likeness (QED) is 0.853. The van der Waals surface area contributed by atoms with Crippen molar-refractivity contribution in [3.8, 4) is 0 Å². The number of nitrogens with two attached hydrogens (primary N) is 1. The molecule has 1 aliphatic rings. The molecule has 0 bridgehead atoms. The summed E-state index contributed by atoms with van der Waals surface area (Å²) in [5.74, 6) is 0. The van der Waals surface area contributed by atoms with Crippen LogP contribution in [0.2, 0.25) is 0 Å². The van der Waals surface area contributed by atoms with Crippen molar-refractivity contribution in [3.63, 3.8) is 0 Å². The van der Waals surface area contributed by atoms with Crippen LogP contribution in [0.3, 0.4) is 0 Å². The van der Waals surface area contributed by atoms with Crippen molar-refractivity contribution in [3.05, 3.63) is 22.7 Å². The predicted octanol–water partition coefficient (Wildman–Crippen LogP) is 2.32. The molecule has 0 aromatic heterocycles. The first-order chi connectivity index (χ1) is 7.68. The highest BCUT2D eigenvalue weighted by atomic mass is 79.9. The average Bonchev–Trinajstić information content (AvgIpc) is 2.29. The van der Waals surface area contributed by atoms with Crippen LogP contribution in [-0.2, 0) is 15.5 Å². The number of halogens is 1. The minimum absolute atomic E-state index is 0.0808. The maximum Gasteiger partial charge on any atom is 0.0630 e. The van der Waals surface area contributed by atoms with Crippen LogP contribution in [0.5, 0.6) is 0 Å². The first-order valence-electron chi connectivity index (χ1n) is 5.22. The Bertz CT molecular complexity index is 405. The summed E-state index contributed by atoms with van der Waals surface area (Å²) in [7, 11) is -1.06. The van der Waals surface area contributed by atoms with Gasteiger partial charge in [0.2, 0.25) is 0 Å². The van der Waals surface area contributed by atoms with Crippen molar-refractivity contribution in [1.29, 1.82) is 0 Å². The Morgan fingerprint density at radius 3 is 2.94 bits per heavy atom. The van der Waals surface area contributed by atoms with Crippen molar-refractivity contribution in [1.82, 2.24) is 0 Å². The highest BCUT2D eigenvalue weighted by molar-refractivity contribution is 9.10. The van der Waals surface area contributed by atoms with E-state index in [-0.39, 0.29) is 5.25 Å². The van der Waals surface area contributed by atoms with Crippen molar-refractivity contribution in [2.45, 2.75) is 23.0 Å². The zero-order valence-electron chi connectivity index (χ0n) is 8.82. The summed E-state index contributed by atoms with van der Waals surface area (Å²) in [6, 6.07) is 5.48. The maximum absolute atomic E-state index is 12.3. The van der Waals surface area contributed by atoms with Crippen LogP contribution in [0.4, 0.5) is 5.69 Å². The third-order valence-corrected chi connectivity index (χ3v) is 4.89. The van der Waals surface area contributed by atoms with Gasteiger partial charge in [-0.3, -0.25) is 4.21 Å². The van der Waals surface area contributed by atoms with Crippen molar-refractivity contribution in [2.24, 2.45) is 0 Å². The summed E-state index contributed by atoms with van der Waals surface area (Å²) < 4.78 is 18.5. The Kier molecular flexibility index (Phi) is 4.00. The van der Waals surface area contributed by atoms with E-state index in [4.69, 9.17) is 10.5 Å². The maximum atomic E-state index is 12.3. The molecule has 2 atom stereocenters. The van der Waals surface area contributed by atoms with Gasteiger partial charge in [-0.1, -0.05) is 15.9 Å². The second-order valence-corrected chi connectivity index (χ2v) is 6.44. The average molecular weight is 304 g/mol. The normalized spacial score (nSPS) is 22.9. The van der Waals surface area contributed by atoms with Gasteiger partial charge in [-0.15, -0.1) is 0 Å². The second-order valence-electron chi connectivity index (χ2n) is 3.82. The van der Waals surface area contributed by atoms with Gasteiger partial charge < -0.3 is 10.5 Å². The highest BCUT2D eigenvalue weighted by Crippen LogP contribution is 2.26. The van der Waals surface area contributed by atoms with E-state index in [1.165, 1.54) is 0 Å². The molecule has 88 valence electrons. The number of nitrogen functional groups attached to an aromatic ring is 1. The van der Waals surface area contributed by atoms with Gasteiger partial charge in [0.1, 0.15) is 0 Å². The fourth-order valence-electron chi connectivity index (χ4n) is 1.76. The monoisotopic (exact) mass is 303 g/mol. The third kappa shape index (κ3) is 2.64. The molecule has 3 nitrogen and oxygen atoms in total. The summed E-state index contributed by atoms with van der Waals surface area (Å²) in [5, 5.41) is 0.0808. The standard InChI is InChI=1S/C11H14BrNO2S/c12-8-3-4-11(10(13)6-8)16(14)9-2-1-5-15-7-9/h3-4,6,9H,1-2,5,7,13H2. The van der Waals surface area contributed by atoms with E-state index in [0.717, 1.165) is 28.8 Å². The van der Waals surface area contributed by atoms with Gasteiger partial charge in [0.15, 0.2) is 0 Å².